The van der Waals surface area contributed by atoms with Gasteiger partial charge in [0, 0.05) is 12.0 Å². The van der Waals surface area contributed by atoms with Crippen molar-refractivity contribution in [3.63, 3.8) is 0 Å². The Morgan fingerprint density at radius 2 is 2.00 bits per heavy atom. The average molecular weight is 442 g/mol. The first-order valence-corrected chi connectivity index (χ1v) is 9.74. The lowest BCUT2D eigenvalue weighted by atomic mass is 10.1. The van der Waals surface area contributed by atoms with E-state index in [4.69, 9.17) is 4.74 Å². The number of methoxy groups -OCH3 is 1. The van der Waals surface area contributed by atoms with Crippen molar-refractivity contribution < 1.29 is 28.0 Å². The Hall–Kier alpha value is -3.15. The van der Waals surface area contributed by atoms with Gasteiger partial charge in [-0.3, -0.25) is 20.2 Å². The number of ether oxygens (including phenoxy) is 2. The zero-order chi connectivity index (χ0) is 22.3. The average Bonchev–Trinajstić information content (AvgIpc) is 3.15. The number of nitro groups is 1. The third-order valence-electron chi connectivity index (χ3n) is 4.15. The molecule has 0 saturated heterocycles. The van der Waals surface area contributed by atoms with Gasteiger partial charge in [0.25, 0.3) is 5.69 Å². The van der Waals surface area contributed by atoms with E-state index in [0.29, 0.717) is 5.13 Å². The smallest absolute Gasteiger partial charge is 0.387 e. The SMILES string of the molecule is CCC(CC)c1nnc(NC(=O)/C=C/c2cc(OC)c(OC(F)F)cc2[N+](=O)[O-])s1. The molecule has 2 rings (SSSR count). The van der Waals surface area contributed by atoms with Crippen molar-refractivity contribution >= 4 is 34.1 Å². The third kappa shape index (κ3) is 5.92. The van der Waals surface area contributed by atoms with E-state index in [-0.39, 0.29) is 17.2 Å². The van der Waals surface area contributed by atoms with E-state index >= 15 is 0 Å². The molecule has 0 aliphatic carbocycles. The number of nitro benzene ring substituents is 1. The van der Waals surface area contributed by atoms with Crippen molar-refractivity contribution in [2.75, 3.05) is 12.4 Å². The van der Waals surface area contributed by atoms with E-state index in [0.717, 1.165) is 36.1 Å². The number of hydrogen-bond acceptors (Lipinski definition) is 8. The van der Waals surface area contributed by atoms with Crippen molar-refractivity contribution in [1.29, 1.82) is 0 Å². The number of hydrogen-bond donors (Lipinski definition) is 1. The number of nitrogens with one attached hydrogen (secondary N) is 1. The van der Waals surface area contributed by atoms with Crippen LogP contribution in [-0.2, 0) is 4.79 Å². The van der Waals surface area contributed by atoms with Gasteiger partial charge in [-0.2, -0.15) is 8.78 Å². The molecule has 0 aliphatic heterocycles. The molecule has 1 amide bonds. The summed E-state index contributed by atoms with van der Waals surface area (Å²) in [5.41, 5.74) is -0.550. The van der Waals surface area contributed by atoms with E-state index < -0.39 is 28.9 Å². The minimum Gasteiger partial charge on any atom is -0.493 e. The third-order valence-corrected chi connectivity index (χ3v) is 5.15. The van der Waals surface area contributed by atoms with Crippen molar-refractivity contribution in [2.24, 2.45) is 0 Å². The molecule has 9 nitrogen and oxygen atoms in total. The van der Waals surface area contributed by atoms with Crippen molar-refractivity contribution in [3.05, 3.63) is 38.9 Å². The van der Waals surface area contributed by atoms with E-state index in [2.05, 4.69) is 20.3 Å². The predicted octanol–water partition coefficient (Wildman–Crippen LogP) is 4.61. The van der Waals surface area contributed by atoms with Crippen LogP contribution in [0.5, 0.6) is 11.5 Å². The van der Waals surface area contributed by atoms with Crippen molar-refractivity contribution in [2.45, 2.75) is 39.2 Å². The van der Waals surface area contributed by atoms with Gasteiger partial charge in [0.15, 0.2) is 11.5 Å². The Bertz CT molecular complexity index is 931. The van der Waals surface area contributed by atoms with Crippen LogP contribution in [-0.4, -0.2) is 34.7 Å². The summed E-state index contributed by atoms with van der Waals surface area (Å²) >= 11 is 1.26. The molecule has 1 N–H and O–H groups in total. The molecule has 30 heavy (non-hydrogen) atoms. The zero-order valence-electron chi connectivity index (χ0n) is 16.4. The first-order chi connectivity index (χ1) is 14.3. The number of amides is 1. The number of anilines is 1. The molecule has 1 aromatic heterocycles. The largest absolute Gasteiger partial charge is 0.493 e. The van der Waals surface area contributed by atoms with E-state index in [1.807, 2.05) is 13.8 Å². The normalized spacial score (nSPS) is 11.3. The summed E-state index contributed by atoms with van der Waals surface area (Å²) < 4.78 is 34.2. The first-order valence-electron chi connectivity index (χ1n) is 8.92. The van der Waals surface area contributed by atoms with Crippen molar-refractivity contribution in [3.8, 4) is 11.5 Å². The molecule has 0 fully saturated rings. The molecule has 0 aliphatic rings. The van der Waals surface area contributed by atoms with Crippen LogP contribution in [0.3, 0.4) is 0 Å². The standard InChI is InChI=1S/C18H20F2N4O5S/c1-4-10(5-2)16-22-23-18(30-16)21-15(25)7-6-11-8-13(28-3)14(29-17(19)20)9-12(11)24(26)27/h6-10,17H,4-5H2,1-3H3,(H,21,23,25)/b7-6+. The Balaban J connectivity index is 2.21. The van der Waals surface area contributed by atoms with Gasteiger partial charge in [-0.1, -0.05) is 25.2 Å². The molecule has 162 valence electrons. The minimum absolute atomic E-state index is 0.0244. The molecule has 1 aromatic carbocycles. The maximum atomic E-state index is 12.5. The number of nitrogens with zero attached hydrogens (tertiary/aromatic N) is 3. The number of halogens is 2. The van der Waals surface area contributed by atoms with Crippen LogP contribution in [0.25, 0.3) is 6.08 Å². The van der Waals surface area contributed by atoms with Crippen molar-refractivity contribution in [1.82, 2.24) is 10.2 Å². The monoisotopic (exact) mass is 442 g/mol. The lowest BCUT2D eigenvalue weighted by Crippen LogP contribution is -2.07. The van der Waals surface area contributed by atoms with Gasteiger partial charge in [-0.25, -0.2) is 0 Å². The first kappa shape index (κ1) is 23.1. The Morgan fingerprint density at radius 1 is 1.30 bits per heavy atom. The van der Waals surface area contributed by atoms with E-state index in [1.54, 1.807) is 0 Å². The maximum Gasteiger partial charge on any atom is 0.387 e. The quantitative estimate of drug-likeness (QED) is 0.324. The number of rotatable bonds is 10. The second-order valence-corrected chi connectivity index (χ2v) is 6.99. The molecule has 0 spiro atoms. The highest BCUT2D eigenvalue weighted by Gasteiger charge is 2.21. The van der Waals surface area contributed by atoms with E-state index in [1.165, 1.54) is 24.5 Å². The zero-order valence-corrected chi connectivity index (χ0v) is 17.2. The summed E-state index contributed by atoms with van der Waals surface area (Å²) in [6.45, 7) is 0.896. The number of carbonyl (C=O) groups excluding carboxylic acids is 1. The molecular formula is C18H20F2N4O5S. The van der Waals surface area contributed by atoms with Crippen LogP contribution in [0, 0.1) is 10.1 Å². The van der Waals surface area contributed by atoms with Gasteiger partial charge in [0.2, 0.25) is 11.0 Å². The molecule has 2 aromatic rings. The van der Waals surface area contributed by atoms with Crippen LogP contribution < -0.4 is 14.8 Å². The number of aromatic nitrogens is 2. The molecular weight excluding hydrogens is 422 g/mol. The fourth-order valence-electron chi connectivity index (χ4n) is 2.60. The van der Waals surface area contributed by atoms with Crippen LogP contribution in [0.2, 0.25) is 0 Å². The highest BCUT2D eigenvalue weighted by Crippen LogP contribution is 2.36. The summed E-state index contributed by atoms with van der Waals surface area (Å²) in [5.74, 6) is -0.945. The summed E-state index contributed by atoms with van der Waals surface area (Å²) in [7, 11) is 1.20. The number of carbonyl (C=O) groups is 1. The second-order valence-electron chi connectivity index (χ2n) is 5.98. The number of benzene rings is 1. The Kier molecular flexibility index (Phi) is 8.16. The molecule has 0 radical (unpaired) electrons. The molecule has 1 heterocycles. The molecule has 0 bridgehead atoms. The van der Waals surface area contributed by atoms with Crippen LogP contribution in [0.15, 0.2) is 18.2 Å². The second kappa shape index (κ2) is 10.6. The topological polar surface area (TPSA) is 116 Å². The Labute approximate surface area is 174 Å². The maximum absolute atomic E-state index is 12.5. The van der Waals surface area contributed by atoms with Gasteiger partial charge in [-0.05, 0) is 25.0 Å². The predicted molar refractivity (Wildman–Crippen MR) is 107 cm³/mol. The van der Waals surface area contributed by atoms with Crippen LogP contribution in [0.4, 0.5) is 19.6 Å². The lowest BCUT2D eigenvalue weighted by Gasteiger charge is -2.10. The fourth-order valence-corrected chi connectivity index (χ4v) is 3.62. The van der Waals surface area contributed by atoms with Gasteiger partial charge in [0.1, 0.15) is 5.01 Å². The molecule has 0 atom stereocenters. The summed E-state index contributed by atoms with van der Waals surface area (Å²) in [4.78, 5) is 22.7. The summed E-state index contributed by atoms with van der Waals surface area (Å²) in [5, 5.41) is 23.0. The van der Waals surface area contributed by atoms with E-state index in [9.17, 15) is 23.7 Å². The Morgan fingerprint density at radius 3 is 2.57 bits per heavy atom. The highest BCUT2D eigenvalue weighted by molar-refractivity contribution is 7.15. The minimum atomic E-state index is -3.18. The van der Waals surface area contributed by atoms with Gasteiger partial charge in [0.05, 0.1) is 23.7 Å². The lowest BCUT2D eigenvalue weighted by molar-refractivity contribution is -0.385. The fraction of sp³-hybridized carbons (Fsp3) is 0.389. The van der Waals surface area contributed by atoms with Crippen LogP contribution >= 0.6 is 11.3 Å². The van der Waals surface area contributed by atoms with Gasteiger partial charge >= 0.3 is 6.61 Å². The molecule has 0 unspecified atom stereocenters. The summed E-state index contributed by atoms with van der Waals surface area (Å²) in [6, 6.07) is 1.95. The highest BCUT2D eigenvalue weighted by atomic mass is 32.1. The van der Waals surface area contributed by atoms with Gasteiger partial charge in [-0.15, -0.1) is 10.2 Å². The summed E-state index contributed by atoms with van der Waals surface area (Å²) in [6.07, 6.45) is 4.03. The van der Waals surface area contributed by atoms with Gasteiger partial charge < -0.3 is 9.47 Å². The molecule has 0 saturated carbocycles. The number of alkyl halides is 2. The molecule has 12 heteroatoms. The van der Waals surface area contributed by atoms with Crippen LogP contribution in [0.1, 0.15) is 43.2 Å².